The molecule has 5 nitrogen and oxygen atoms in total. The van der Waals surface area contributed by atoms with Crippen molar-refractivity contribution in [1.82, 2.24) is 5.32 Å². The monoisotopic (exact) mass is 410 g/mol. The molecule has 0 aliphatic carbocycles. The number of carbonyl (C=O) groups excluding carboxylic acids is 1. The lowest BCUT2D eigenvalue weighted by Gasteiger charge is -2.19. The van der Waals surface area contributed by atoms with Crippen molar-refractivity contribution in [2.75, 3.05) is 26.1 Å². The molecule has 6 heteroatoms. The molecular formula is C23H26N2O3S. The molecule has 3 aromatic rings. The van der Waals surface area contributed by atoms with Crippen LogP contribution in [0.15, 0.2) is 60.0 Å². The number of benzene rings is 2. The summed E-state index contributed by atoms with van der Waals surface area (Å²) in [6, 6.07) is 17.9. The highest BCUT2D eigenvalue weighted by molar-refractivity contribution is 7.10. The molecule has 0 radical (unpaired) electrons. The first-order valence-electron chi connectivity index (χ1n) is 9.52. The lowest BCUT2D eigenvalue weighted by molar-refractivity contribution is -0.115. The second-order valence-electron chi connectivity index (χ2n) is 6.54. The van der Waals surface area contributed by atoms with Crippen LogP contribution in [0.25, 0.3) is 0 Å². The Balaban J connectivity index is 1.72. The van der Waals surface area contributed by atoms with Crippen molar-refractivity contribution in [2.24, 2.45) is 0 Å². The standard InChI is InChI=1S/C23H26N2O3S/c1-4-16-7-9-17(10-8-16)23(21-6-5-13-29-21)24-15-22(26)25-19-14-18(27-2)11-12-20(19)28-3/h5-14,23-24H,4,15H2,1-3H3,(H,25,26)/t23-/m0/s1. The Hall–Kier alpha value is -2.83. The number of anilines is 1. The maximum absolute atomic E-state index is 12.6. The van der Waals surface area contributed by atoms with E-state index in [1.807, 2.05) is 11.4 Å². The molecule has 0 saturated carbocycles. The van der Waals surface area contributed by atoms with Gasteiger partial charge in [-0.2, -0.15) is 0 Å². The number of hydrogen-bond acceptors (Lipinski definition) is 5. The van der Waals surface area contributed by atoms with Gasteiger partial charge in [0.1, 0.15) is 11.5 Å². The first kappa shape index (κ1) is 20.9. The second kappa shape index (κ2) is 10.1. The van der Waals surface area contributed by atoms with Crippen molar-refractivity contribution in [3.63, 3.8) is 0 Å². The van der Waals surface area contributed by atoms with E-state index in [4.69, 9.17) is 9.47 Å². The highest BCUT2D eigenvalue weighted by Gasteiger charge is 2.17. The van der Waals surface area contributed by atoms with E-state index in [0.29, 0.717) is 17.2 Å². The minimum absolute atomic E-state index is 0.0427. The van der Waals surface area contributed by atoms with Crippen LogP contribution in [0, 0.1) is 0 Å². The number of aryl methyl sites for hydroxylation is 1. The summed E-state index contributed by atoms with van der Waals surface area (Å²) in [7, 11) is 3.16. The maximum atomic E-state index is 12.6. The molecular weight excluding hydrogens is 384 g/mol. The van der Waals surface area contributed by atoms with Crippen molar-refractivity contribution in [3.8, 4) is 11.5 Å². The number of rotatable bonds is 9. The van der Waals surface area contributed by atoms with Crippen LogP contribution in [0.2, 0.25) is 0 Å². The van der Waals surface area contributed by atoms with Gasteiger partial charge >= 0.3 is 0 Å². The molecule has 152 valence electrons. The number of nitrogens with one attached hydrogen (secondary N) is 2. The molecule has 0 aliphatic rings. The average molecular weight is 411 g/mol. The maximum Gasteiger partial charge on any atom is 0.238 e. The number of carbonyl (C=O) groups is 1. The van der Waals surface area contributed by atoms with Gasteiger partial charge in [0.25, 0.3) is 0 Å². The summed E-state index contributed by atoms with van der Waals surface area (Å²) in [5, 5.41) is 8.34. The third-order valence-corrected chi connectivity index (χ3v) is 5.63. The van der Waals surface area contributed by atoms with E-state index in [-0.39, 0.29) is 18.5 Å². The van der Waals surface area contributed by atoms with Gasteiger partial charge in [-0.3, -0.25) is 10.1 Å². The molecule has 3 rings (SSSR count). The number of methoxy groups -OCH3 is 2. The van der Waals surface area contributed by atoms with Crippen LogP contribution in [-0.2, 0) is 11.2 Å². The fourth-order valence-electron chi connectivity index (χ4n) is 3.08. The summed E-state index contributed by atoms with van der Waals surface area (Å²) in [6.07, 6.45) is 1.00. The van der Waals surface area contributed by atoms with Gasteiger partial charge in [0.15, 0.2) is 0 Å². The molecule has 2 N–H and O–H groups in total. The van der Waals surface area contributed by atoms with E-state index in [0.717, 1.165) is 12.0 Å². The van der Waals surface area contributed by atoms with Gasteiger partial charge < -0.3 is 14.8 Å². The normalized spacial score (nSPS) is 11.7. The van der Waals surface area contributed by atoms with Gasteiger partial charge in [-0.1, -0.05) is 37.3 Å². The predicted molar refractivity (Wildman–Crippen MR) is 118 cm³/mol. The van der Waals surface area contributed by atoms with Crippen LogP contribution in [0.4, 0.5) is 5.69 Å². The smallest absolute Gasteiger partial charge is 0.238 e. The molecule has 1 heterocycles. The third-order valence-electron chi connectivity index (χ3n) is 4.70. The molecule has 0 aliphatic heterocycles. The minimum Gasteiger partial charge on any atom is -0.497 e. The molecule has 0 saturated heterocycles. The summed E-state index contributed by atoms with van der Waals surface area (Å²) >= 11 is 1.67. The molecule has 0 bridgehead atoms. The second-order valence-corrected chi connectivity index (χ2v) is 7.52. The third kappa shape index (κ3) is 5.37. The number of hydrogen-bond donors (Lipinski definition) is 2. The molecule has 1 amide bonds. The topological polar surface area (TPSA) is 59.6 Å². The molecule has 0 unspecified atom stereocenters. The highest BCUT2D eigenvalue weighted by atomic mass is 32.1. The van der Waals surface area contributed by atoms with Crippen molar-refractivity contribution in [2.45, 2.75) is 19.4 Å². The Morgan fingerprint density at radius 1 is 1.07 bits per heavy atom. The Bertz CT molecular complexity index is 924. The van der Waals surface area contributed by atoms with E-state index in [1.165, 1.54) is 10.4 Å². The largest absolute Gasteiger partial charge is 0.497 e. The van der Waals surface area contributed by atoms with Gasteiger partial charge in [-0.25, -0.2) is 0 Å². The summed E-state index contributed by atoms with van der Waals surface area (Å²) in [5.74, 6) is 1.09. The van der Waals surface area contributed by atoms with Gasteiger partial charge in [0.2, 0.25) is 5.91 Å². The van der Waals surface area contributed by atoms with Crippen molar-refractivity contribution < 1.29 is 14.3 Å². The molecule has 1 atom stereocenters. The van der Waals surface area contributed by atoms with E-state index in [9.17, 15) is 4.79 Å². The fraction of sp³-hybridized carbons (Fsp3) is 0.261. The fourth-order valence-corrected chi connectivity index (χ4v) is 3.91. The van der Waals surface area contributed by atoms with Crippen LogP contribution >= 0.6 is 11.3 Å². The van der Waals surface area contributed by atoms with Crippen molar-refractivity contribution in [1.29, 1.82) is 0 Å². The minimum atomic E-state index is -0.150. The Morgan fingerprint density at radius 3 is 2.48 bits per heavy atom. The summed E-state index contributed by atoms with van der Waals surface area (Å²) in [6.45, 7) is 2.31. The lowest BCUT2D eigenvalue weighted by Crippen LogP contribution is -2.31. The quantitative estimate of drug-likeness (QED) is 0.539. The molecule has 29 heavy (non-hydrogen) atoms. The van der Waals surface area contributed by atoms with Crippen LogP contribution in [0.1, 0.15) is 29.0 Å². The zero-order valence-corrected chi connectivity index (χ0v) is 17.7. The van der Waals surface area contributed by atoms with Gasteiger partial charge in [-0.05, 0) is 41.1 Å². The van der Waals surface area contributed by atoms with E-state index in [1.54, 1.807) is 43.8 Å². The first-order chi connectivity index (χ1) is 14.1. The SMILES string of the molecule is CCc1ccc([C@H](NCC(=O)Nc2cc(OC)ccc2OC)c2cccs2)cc1. The zero-order valence-electron chi connectivity index (χ0n) is 16.9. The first-order valence-corrected chi connectivity index (χ1v) is 10.4. The van der Waals surface area contributed by atoms with Crippen LogP contribution in [0.3, 0.4) is 0 Å². The Labute approximate surface area is 175 Å². The summed E-state index contributed by atoms with van der Waals surface area (Å²) < 4.78 is 10.6. The zero-order chi connectivity index (χ0) is 20.6. The molecule has 0 fully saturated rings. The van der Waals surface area contributed by atoms with E-state index >= 15 is 0 Å². The van der Waals surface area contributed by atoms with Gasteiger partial charge in [0.05, 0.1) is 32.5 Å². The number of amides is 1. The van der Waals surface area contributed by atoms with Crippen LogP contribution in [0.5, 0.6) is 11.5 Å². The average Bonchev–Trinajstić information content (AvgIpc) is 3.29. The van der Waals surface area contributed by atoms with E-state index in [2.05, 4.69) is 47.9 Å². The Morgan fingerprint density at radius 2 is 1.86 bits per heavy atom. The molecule has 2 aromatic carbocycles. The summed E-state index contributed by atoms with van der Waals surface area (Å²) in [4.78, 5) is 13.8. The summed E-state index contributed by atoms with van der Waals surface area (Å²) in [5.41, 5.74) is 3.01. The number of ether oxygens (including phenoxy) is 2. The van der Waals surface area contributed by atoms with Crippen LogP contribution in [-0.4, -0.2) is 26.7 Å². The highest BCUT2D eigenvalue weighted by Crippen LogP contribution is 2.29. The van der Waals surface area contributed by atoms with Gasteiger partial charge in [-0.15, -0.1) is 11.3 Å². The van der Waals surface area contributed by atoms with Crippen molar-refractivity contribution >= 4 is 22.9 Å². The van der Waals surface area contributed by atoms with Gasteiger partial charge in [0, 0.05) is 10.9 Å². The Kier molecular flexibility index (Phi) is 7.27. The number of thiophene rings is 1. The molecule has 0 spiro atoms. The van der Waals surface area contributed by atoms with Crippen molar-refractivity contribution in [3.05, 3.63) is 76.0 Å². The van der Waals surface area contributed by atoms with Crippen LogP contribution < -0.4 is 20.1 Å². The predicted octanol–water partition coefficient (Wildman–Crippen LogP) is 4.65. The molecule has 1 aromatic heterocycles. The lowest BCUT2D eigenvalue weighted by atomic mass is 10.0. The van der Waals surface area contributed by atoms with E-state index < -0.39 is 0 Å².